The number of allylic oxidation sites excluding steroid dienone is 2. The molecule has 10 aliphatic rings. The van der Waals surface area contributed by atoms with E-state index in [9.17, 15) is 76.3 Å². The first kappa shape index (κ1) is 65.9. The summed E-state index contributed by atoms with van der Waals surface area (Å²) in [6.07, 6.45) is -29.4. The molecule has 10 rings (SSSR count). The first-order valence-electron chi connectivity index (χ1n) is 30.5. The van der Waals surface area contributed by atoms with Crippen molar-refractivity contribution in [1.82, 2.24) is 0 Å². The highest BCUT2D eigenvalue weighted by molar-refractivity contribution is 5.79. The molecule has 5 aliphatic heterocycles. The molecule has 26 heteroatoms. The number of carbonyl (C=O) groups is 2. The fourth-order valence-corrected chi connectivity index (χ4v) is 17.4. The Morgan fingerprint density at radius 1 is 0.588 bits per heavy atom. The average Bonchev–Trinajstić information content (AvgIpc) is 0.692. The van der Waals surface area contributed by atoms with Crippen LogP contribution in [0.1, 0.15) is 120 Å². The van der Waals surface area contributed by atoms with Gasteiger partial charge in [0.05, 0.1) is 49.0 Å². The van der Waals surface area contributed by atoms with Gasteiger partial charge in [0.25, 0.3) is 0 Å². The molecule has 85 heavy (non-hydrogen) atoms. The third-order valence-electron chi connectivity index (χ3n) is 23.0. The quantitative estimate of drug-likeness (QED) is 0.0398. The van der Waals surface area contributed by atoms with Crippen LogP contribution in [0.2, 0.25) is 0 Å². The molecule has 0 bridgehead atoms. The molecule has 0 aromatic rings. The van der Waals surface area contributed by atoms with Gasteiger partial charge >= 0.3 is 5.97 Å². The normalized spacial score (nSPS) is 55.2. The van der Waals surface area contributed by atoms with E-state index in [1.807, 2.05) is 6.92 Å². The number of aliphatic hydroxyl groups excluding tert-OH is 14. The van der Waals surface area contributed by atoms with Crippen LogP contribution < -0.4 is 0 Å². The fourth-order valence-electron chi connectivity index (χ4n) is 17.4. The molecule has 5 saturated heterocycles. The lowest BCUT2D eigenvalue weighted by molar-refractivity contribution is -0.363. The summed E-state index contributed by atoms with van der Waals surface area (Å²) in [6.45, 7) is 14.3. The summed E-state index contributed by atoms with van der Waals surface area (Å²) in [5.41, 5.74) is -2.35. The molecule has 5 heterocycles. The minimum Gasteiger partial charge on any atom is -0.432 e. The summed E-state index contributed by atoms with van der Waals surface area (Å²) in [6, 6.07) is 0. The number of rotatable bonds is 13. The highest BCUT2D eigenvalue weighted by Gasteiger charge is 2.71. The van der Waals surface area contributed by atoms with Crippen molar-refractivity contribution in [2.45, 2.75) is 273 Å². The molecule has 0 amide bonds. The third kappa shape index (κ3) is 11.0. The number of hydrogen-bond acceptors (Lipinski definition) is 26. The monoisotopic (exact) mass is 1220 g/mol. The van der Waals surface area contributed by atoms with Gasteiger partial charge in [0, 0.05) is 0 Å². The molecule has 33 atom stereocenters. The summed E-state index contributed by atoms with van der Waals surface area (Å²) < 4.78 is 59.3. The first-order valence-corrected chi connectivity index (χ1v) is 30.5. The summed E-state index contributed by atoms with van der Waals surface area (Å²) in [5, 5.41) is 151. The van der Waals surface area contributed by atoms with E-state index in [-0.39, 0.29) is 35.2 Å². The summed E-state index contributed by atoms with van der Waals surface area (Å²) >= 11 is 0. The maximum atomic E-state index is 15.2. The molecule has 0 radical (unpaired) electrons. The maximum absolute atomic E-state index is 15.2. The number of fused-ring (bicyclic) bond motifs is 7. The van der Waals surface area contributed by atoms with Gasteiger partial charge in [0.1, 0.15) is 110 Å². The van der Waals surface area contributed by atoms with Crippen LogP contribution in [0.4, 0.5) is 0 Å². The number of esters is 1. The average molecular weight is 1220 g/mol. The van der Waals surface area contributed by atoms with Crippen molar-refractivity contribution in [2.75, 3.05) is 19.8 Å². The number of aldehydes is 1. The van der Waals surface area contributed by atoms with Crippen molar-refractivity contribution in [3.63, 3.8) is 0 Å². The van der Waals surface area contributed by atoms with Gasteiger partial charge in [-0.05, 0) is 117 Å². The van der Waals surface area contributed by atoms with Crippen molar-refractivity contribution < 1.29 is 128 Å². The van der Waals surface area contributed by atoms with Gasteiger partial charge in [-0.1, -0.05) is 53.2 Å². The molecular formula is C59H94O26. The second-order valence-electron chi connectivity index (χ2n) is 28.3. The van der Waals surface area contributed by atoms with E-state index in [0.717, 1.165) is 18.3 Å². The van der Waals surface area contributed by atoms with E-state index < -0.39 is 194 Å². The molecule has 26 nitrogen and oxygen atoms in total. The van der Waals surface area contributed by atoms with E-state index in [4.69, 9.17) is 47.4 Å². The van der Waals surface area contributed by atoms with E-state index in [2.05, 4.69) is 40.7 Å². The first-order chi connectivity index (χ1) is 39.8. The number of hydrogen-bond donors (Lipinski definition) is 14. The van der Waals surface area contributed by atoms with Crippen LogP contribution in [0.25, 0.3) is 0 Å². The Morgan fingerprint density at radius 3 is 1.79 bits per heavy atom. The van der Waals surface area contributed by atoms with Crippen LogP contribution in [0.15, 0.2) is 11.6 Å². The molecule has 0 spiro atoms. The van der Waals surface area contributed by atoms with Crippen molar-refractivity contribution in [1.29, 1.82) is 0 Å². The largest absolute Gasteiger partial charge is 0.432 e. The van der Waals surface area contributed by atoms with E-state index in [1.54, 1.807) is 0 Å². The summed E-state index contributed by atoms with van der Waals surface area (Å²) in [5.74, 6) is -1.05. The lowest BCUT2D eigenvalue weighted by Gasteiger charge is -2.71. The van der Waals surface area contributed by atoms with Crippen LogP contribution in [-0.2, 0) is 57.0 Å². The molecular weight excluding hydrogens is 1120 g/mol. The summed E-state index contributed by atoms with van der Waals surface area (Å²) in [4.78, 5) is 29.0. The molecule has 486 valence electrons. The van der Waals surface area contributed by atoms with E-state index in [0.29, 0.717) is 57.8 Å². The molecule has 0 aromatic heterocycles. The van der Waals surface area contributed by atoms with Crippen molar-refractivity contribution >= 4 is 12.3 Å². The van der Waals surface area contributed by atoms with Crippen LogP contribution in [0.5, 0.6) is 0 Å². The Kier molecular flexibility index (Phi) is 18.8. The van der Waals surface area contributed by atoms with Gasteiger partial charge < -0.3 is 124 Å². The maximum Gasteiger partial charge on any atom is 0.315 e. The summed E-state index contributed by atoms with van der Waals surface area (Å²) in [7, 11) is 0. The van der Waals surface area contributed by atoms with E-state index >= 15 is 4.79 Å². The van der Waals surface area contributed by atoms with Gasteiger partial charge in [-0.3, -0.25) is 4.79 Å². The zero-order chi connectivity index (χ0) is 62.0. The number of carbonyl (C=O) groups excluding carboxylic acids is 2. The van der Waals surface area contributed by atoms with Crippen molar-refractivity contribution in [2.24, 2.45) is 50.2 Å². The molecule has 5 aliphatic carbocycles. The minimum atomic E-state index is -1.91. The van der Waals surface area contributed by atoms with Gasteiger partial charge in [-0.15, -0.1) is 0 Å². The van der Waals surface area contributed by atoms with Crippen LogP contribution in [0.3, 0.4) is 0 Å². The highest BCUT2D eigenvalue weighted by Crippen LogP contribution is 2.76. The third-order valence-corrected chi connectivity index (χ3v) is 23.0. The Balaban J connectivity index is 0.833. The molecule has 1 unspecified atom stereocenters. The molecule has 14 N–H and O–H groups in total. The number of ether oxygens (including phenoxy) is 10. The smallest absolute Gasteiger partial charge is 0.315 e. The predicted molar refractivity (Wildman–Crippen MR) is 287 cm³/mol. The second kappa shape index (κ2) is 24.2. The lowest BCUT2D eigenvalue weighted by Crippen LogP contribution is -2.67. The predicted octanol–water partition coefficient (Wildman–Crippen LogP) is -2.34. The second-order valence-corrected chi connectivity index (χ2v) is 28.3. The van der Waals surface area contributed by atoms with Gasteiger partial charge in [-0.25, -0.2) is 0 Å². The molecule has 0 aromatic carbocycles. The van der Waals surface area contributed by atoms with Gasteiger partial charge in [0.2, 0.25) is 6.29 Å². The molecule has 4 saturated carbocycles. The SMILES string of the molecule is C[C@@H]1O[C@@H](O[C@H]2[C@H](O[C@H]3CC[C@@]4(C)C(CC[C@]5(C)[C@@H]4CC=C4[C@@H]6CC(C)(C)CC[C@]6(C(=O)O[C@@H]6O[C@H](CO[C@@H]7O[C@H](CO)[C@@H](O[C@@H]8O[C@@H](C)[C@H](O)[C@@H](O)[C@H]8O)[C@H](O)[C@H]7O)[C@@H](O)[C@H](O)[C@H]6O)CC[C@]45C)[C@]3(C)C=O)OC[C@H](O)[C@@H]2O)[C@H](O)[C@H](O)[C@H]1O. The zero-order valence-electron chi connectivity index (χ0n) is 49.7. The Labute approximate surface area is 494 Å². The van der Waals surface area contributed by atoms with Crippen molar-refractivity contribution in [3.05, 3.63) is 11.6 Å². The fraction of sp³-hybridized carbons (Fsp3) is 0.932. The standard InChI is InChI=1S/C59H94O26/c1-24-34(63)38(67)42(71)49(78-24)83-46-29(20-60)80-48(45(74)41(46)70)77-22-30-37(66)40(69)44(73)51(81-30)85-53(75)59-17-15-54(3,4)19-27(59)26-9-10-32-55(5)13-12-33(56(6,23-61)31(55)11-14-58(32,8)57(26,7)16-18-59)82-52-47(36(65)28(62)21-76-52)84-50-43(72)39(68)35(64)25(2)79-50/h9,23-25,27-52,60,62-74H,10-22H2,1-8H3/t24-,25-,27-,28-,29+,30+,31?,32+,33-,34-,35-,36-,37+,38+,39+,40-,41+,42+,43+,44+,45+,46+,47+,48+,49-,50-,51-,52-,55-,56-,57+,58+,59-/m0/s1. The minimum absolute atomic E-state index is 0.0712. The van der Waals surface area contributed by atoms with Gasteiger partial charge in [-0.2, -0.15) is 0 Å². The lowest BCUT2D eigenvalue weighted by atomic mass is 9.33. The Bertz CT molecular complexity index is 2400. The van der Waals surface area contributed by atoms with E-state index in [1.165, 1.54) is 13.8 Å². The topological polar surface area (TPSA) is 410 Å². The Morgan fingerprint density at radius 2 is 1.16 bits per heavy atom. The van der Waals surface area contributed by atoms with Gasteiger partial charge in [0.15, 0.2) is 25.2 Å². The Hall–Kier alpha value is -2.04. The van der Waals surface area contributed by atoms with Crippen LogP contribution in [0, 0.1) is 50.2 Å². The number of aliphatic hydroxyl groups is 14. The molecule has 9 fully saturated rings. The highest BCUT2D eigenvalue weighted by atomic mass is 16.8. The zero-order valence-corrected chi connectivity index (χ0v) is 49.7. The van der Waals surface area contributed by atoms with Crippen LogP contribution >= 0.6 is 0 Å². The van der Waals surface area contributed by atoms with Crippen LogP contribution in [-0.4, -0.2) is 257 Å². The van der Waals surface area contributed by atoms with Crippen molar-refractivity contribution in [3.8, 4) is 0 Å².